The minimum atomic E-state index is -1.13. The summed E-state index contributed by atoms with van der Waals surface area (Å²) in [5.41, 5.74) is 3.05. The van der Waals surface area contributed by atoms with Crippen molar-refractivity contribution < 1.29 is 14.3 Å². The number of aryl methyl sites for hydroxylation is 2. The second-order valence-corrected chi connectivity index (χ2v) is 7.50. The minimum Gasteiger partial charge on any atom is -0.465 e. The molecule has 1 fully saturated rings. The molecule has 1 saturated carbocycles. The maximum absolute atomic E-state index is 14.6. The number of benzene rings is 1. The highest BCUT2D eigenvalue weighted by Gasteiger charge is 2.36. The van der Waals surface area contributed by atoms with E-state index in [0.29, 0.717) is 0 Å². The highest BCUT2D eigenvalue weighted by atomic mass is 19.1. The molecule has 0 radical (unpaired) electrons. The molecule has 1 aromatic carbocycles. The van der Waals surface area contributed by atoms with E-state index in [0.717, 1.165) is 35.7 Å². The van der Waals surface area contributed by atoms with Crippen LogP contribution in [0.25, 0.3) is 0 Å². The van der Waals surface area contributed by atoms with Gasteiger partial charge in [-0.15, -0.1) is 0 Å². The van der Waals surface area contributed by atoms with Gasteiger partial charge in [0.25, 0.3) is 0 Å². The van der Waals surface area contributed by atoms with Crippen molar-refractivity contribution in [2.75, 3.05) is 10.6 Å². The number of halogens is 1. The average Bonchev–Trinajstić information content (AvgIpc) is 3.49. The van der Waals surface area contributed by atoms with Crippen molar-refractivity contribution in [3.05, 3.63) is 46.8 Å². The Hall–Kier alpha value is -3.34. The fourth-order valence-corrected chi connectivity index (χ4v) is 3.28. The van der Waals surface area contributed by atoms with Crippen LogP contribution >= 0.6 is 0 Å². The van der Waals surface area contributed by atoms with Crippen molar-refractivity contribution >= 4 is 23.4 Å². The summed E-state index contributed by atoms with van der Waals surface area (Å²) in [6.07, 6.45) is 0.750. The van der Waals surface area contributed by atoms with Gasteiger partial charge >= 0.3 is 6.09 Å². The average molecular weight is 397 g/mol. The van der Waals surface area contributed by atoms with Gasteiger partial charge in [-0.05, 0) is 68.9 Å². The molecule has 29 heavy (non-hydrogen) atoms. The van der Waals surface area contributed by atoms with Crippen molar-refractivity contribution in [1.29, 1.82) is 5.26 Å². The summed E-state index contributed by atoms with van der Waals surface area (Å²) in [6, 6.07) is 8.13. The summed E-state index contributed by atoms with van der Waals surface area (Å²) in [4.78, 5) is 15.3. The standard InChI is InChI=1S/C21H24FN5O2/c1-11-4-7-16(8-12(11)2)25-19-15(10-23)9-17(22)20(27-19)26-18(14-5-6-14)13(3)24-21(28)29/h4,7-9,13-14,18,24H,5-6H2,1-3H3,(H,28,29)(H2,25,26,27)/t13-,18-/m0/s1. The van der Waals surface area contributed by atoms with Crippen LogP contribution in [-0.2, 0) is 0 Å². The van der Waals surface area contributed by atoms with Crippen molar-refractivity contribution in [2.24, 2.45) is 5.92 Å². The largest absolute Gasteiger partial charge is 0.465 e. The van der Waals surface area contributed by atoms with Gasteiger partial charge in [0.2, 0.25) is 0 Å². The number of carbonyl (C=O) groups is 1. The summed E-state index contributed by atoms with van der Waals surface area (Å²) in [6.45, 7) is 5.72. The molecular weight excluding hydrogens is 373 g/mol. The molecule has 0 unspecified atom stereocenters. The molecule has 0 spiro atoms. The number of rotatable bonds is 7. The molecule has 7 nitrogen and oxygen atoms in total. The number of hydrogen-bond acceptors (Lipinski definition) is 5. The van der Waals surface area contributed by atoms with Gasteiger partial charge in [0.15, 0.2) is 17.5 Å². The lowest BCUT2D eigenvalue weighted by Crippen LogP contribution is -2.45. The molecule has 1 aromatic heterocycles. The monoisotopic (exact) mass is 397 g/mol. The first kappa shape index (κ1) is 20.4. The van der Waals surface area contributed by atoms with Crippen molar-refractivity contribution in [3.63, 3.8) is 0 Å². The third-order valence-corrected chi connectivity index (χ3v) is 5.19. The molecule has 3 rings (SSSR count). The number of amides is 1. The highest BCUT2D eigenvalue weighted by molar-refractivity contribution is 5.67. The Balaban J connectivity index is 1.89. The predicted octanol–water partition coefficient (Wildman–Crippen LogP) is 4.30. The molecule has 2 aromatic rings. The van der Waals surface area contributed by atoms with Crippen LogP contribution in [0.1, 0.15) is 36.5 Å². The second kappa shape index (κ2) is 8.35. The van der Waals surface area contributed by atoms with E-state index in [4.69, 9.17) is 5.11 Å². The van der Waals surface area contributed by atoms with Crippen LogP contribution in [0.5, 0.6) is 0 Å². The molecule has 8 heteroatoms. The molecule has 0 aliphatic heterocycles. The van der Waals surface area contributed by atoms with Crippen molar-refractivity contribution in [2.45, 2.75) is 45.7 Å². The molecule has 0 saturated heterocycles. The van der Waals surface area contributed by atoms with Gasteiger partial charge in [-0.1, -0.05) is 6.07 Å². The number of hydrogen-bond donors (Lipinski definition) is 4. The van der Waals surface area contributed by atoms with Gasteiger partial charge in [-0.25, -0.2) is 14.2 Å². The predicted molar refractivity (Wildman–Crippen MR) is 109 cm³/mol. The molecule has 1 amide bonds. The minimum absolute atomic E-state index is 0.00808. The Morgan fingerprint density at radius 1 is 1.28 bits per heavy atom. The summed E-state index contributed by atoms with van der Waals surface area (Å²) in [5.74, 6) is -0.176. The zero-order valence-corrected chi connectivity index (χ0v) is 16.6. The number of nitrogens with zero attached hydrogens (tertiary/aromatic N) is 2. The quantitative estimate of drug-likeness (QED) is 0.554. The summed E-state index contributed by atoms with van der Waals surface area (Å²) >= 11 is 0. The van der Waals surface area contributed by atoms with Crippen LogP contribution in [0.2, 0.25) is 0 Å². The molecular formula is C21H24FN5O2. The smallest absolute Gasteiger partial charge is 0.404 e. The lowest BCUT2D eigenvalue weighted by molar-refractivity contribution is 0.188. The zero-order valence-electron chi connectivity index (χ0n) is 16.6. The van der Waals surface area contributed by atoms with Gasteiger partial charge in [0, 0.05) is 11.7 Å². The number of pyridine rings is 1. The fourth-order valence-electron chi connectivity index (χ4n) is 3.28. The first-order chi connectivity index (χ1) is 13.8. The number of aromatic nitrogens is 1. The van der Waals surface area contributed by atoms with Gasteiger partial charge < -0.3 is 21.1 Å². The van der Waals surface area contributed by atoms with Crippen LogP contribution in [0.3, 0.4) is 0 Å². The number of nitrogens with one attached hydrogen (secondary N) is 3. The van der Waals surface area contributed by atoms with E-state index in [-0.39, 0.29) is 29.2 Å². The Morgan fingerprint density at radius 3 is 2.59 bits per heavy atom. The molecule has 1 aliphatic carbocycles. The van der Waals surface area contributed by atoms with Crippen LogP contribution in [0.4, 0.5) is 26.5 Å². The Morgan fingerprint density at radius 2 is 2.00 bits per heavy atom. The van der Waals surface area contributed by atoms with Gasteiger partial charge in [0.05, 0.1) is 11.6 Å². The van der Waals surface area contributed by atoms with Gasteiger partial charge in [-0.3, -0.25) is 0 Å². The van der Waals surface area contributed by atoms with E-state index in [1.807, 2.05) is 38.1 Å². The third-order valence-electron chi connectivity index (χ3n) is 5.19. The lowest BCUT2D eigenvalue weighted by atomic mass is 10.0. The zero-order chi connectivity index (χ0) is 21.1. The summed E-state index contributed by atoms with van der Waals surface area (Å²) < 4.78 is 14.6. The maximum Gasteiger partial charge on any atom is 0.404 e. The SMILES string of the molecule is Cc1ccc(Nc2nc(N[C@H](C3CC3)[C@H](C)NC(=O)O)c(F)cc2C#N)cc1C. The van der Waals surface area contributed by atoms with Crippen LogP contribution in [0, 0.1) is 36.9 Å². The fraction of sp³-hybridized carbons (Fsp3) is 0.381. The van der Waals surface area contributed by atoms with E-state index in [2.05, 4.69) is 20.9 Å². The Kier molecular flexibility index (Phi) is 5.87. The molecule has 4 N–H and O–H groups in total. The molecule has 1 aliphatic rings. The van der Waals surface area contributed by atoms with Crippen molar-refractivity contribution in [1.82, 2.24) is 10.3 Å². The van der Waals surface area contributed by atoms with E-state index in [1.54, 1.807) is 6.92 Å². The number of nitriles is 1. The Labute approximate surface area is 169 Å². The van der Waals surface area contributed by atoms with Gasteiger partial charge in [0.1, 0.15) is 6.07 Å². The van der Waals surface area contributed by atoms with Crippen LogP contribution < -0.4 is 16.0 Å². The van der Waals surface area contributed by atoms with Gasteiger partial charge in [-0.2, -0.15) is 5.26 Å². The van der Waals surface area contributed by atoms with E-state index in [9.17, 15) is 14.4 Å². The van der Waals surface area contributed by atoms with Crippen molar-refractivity contribution in [3.8, 4) is 6.07 Å². The molecule has 152 valence electrons. The molecule has 0 bridgehead atoms. The highest BCUT2D eigenvalue weighted by Crippen LogP contribution is 2.36. The van der Waals surface area contributed by atoms with E-state index < -0.39 is 18.0 Å². The maximum atomic E-state index is 14.6. The summed E-state index contributed by atoms with van der Waals surface area (Å²) in [5, 5.41) is 27.0. The Bertz CT molecular complexity index is 968. The second-order valence-electron chi connectivity index (χ2n) is 7.50. The summed E-state index contributed by atoms with van der Waals surface area (Å²) in [7, 11) is 0. The topological polar surface area (TPSA) is 110 Å². The van der Waals surface area contributed by atoms with Crippen LogP contribution in [-0.4, -0.2) is 28.3 Å². The van der Waals surface area contributed by atoms with E-state index in [1.165, 1.54) is 0 Å². The third kappa shape index (κ3) is 4.93. The van der Waals surface area contributed by atoms with E-state index >= 15 is 0 Å². The molecule has 2 atom stereocenters. The lowest BCUT2D eigenvalue weighted by Gasteiger charge is -2.26. The molecule has 1 heterocycles. The first-order valence-corrected chi connectivity index (χ1v) is 9.49. The van der Waals surface area contributed by atoms with Crippen LogP contribution in [0.15, 0.2) is 24.3 Å². The number of anilines is 3. The first-order valence-electron chi connectivity index (χ1n) is 9.49. The normalized spacial score (nSPS) is 15.1. The number of carboxylic acid groups (broad SMARTS) is 1.